The van der Waals surface area contributed by atoms with Gasteiger partial charge in [-0.05, 0) is 56.3 Å². The summed E-state index contributed by atoms with van der Waals surface area (Å²) in [4.78, 5) is 9.48. The fraction of sp³-hybridized carbons (Fsp3) is 0.429. The second-order valence-electron chi connectivity index (χ2n) is 4.69. The summed E-state index contributed by atoms with van der Waals surface area (Å²) in [6, 6.07) is 6.31. The van der Waals surface area contributed by atoms with Crippen molar-refractivity contribution in [1.82, 2.24) is 9.97 Å². The zero-order valence-electron chi connectivity index (χ0n) is 9.95. The highest BCUT2D eigenvalue weighted by atomic mass is 14.8. The molecule has 3 nitrogen and oxygen atoms in total. The van der Waals surface area contributed by atoms with Crippen LogP contribution >= 0.6 is 0 Å². The fourth-order valence-corrected chi connectivity index (χ4v) is 2.48. The molecule has 0 saturated carbocycles. The van der Waals surface area contributed by atoms with Gasteiger partial charge in [-0.25, -0.2) is 9.97 Å². The van der Waals surface area contributed by atoms with Gasteiger partial charge >= 0.3 is 0 Å². The molecule has 2 N–H and O–H groups in total. The molecule has 0 spiro atoms. The van der Waals surface area contributed by atoms with Crippen molar-refractivity contribution >= 4 is 11.0 Å². The highest BCUT2D eigenvalue weighted by molar-refractivity contribution is 5.75. The standard InChI is InChI=1S/C14H17N3/c15-8-7-10-5-6-13-14(9-10)17-12-4-2-1-3-11(12)16-13/h5-6,9H,1-4,7-8,15H2. The molecule has 0 atom stereocenters. The second kappa shape index (κ2) is 4.41. The second-order valence-corrected chi connectivity index (χ2v) is 4.69. The quantitative estimate of drug-likeness (QED) is 0.853. The van der Waals surface area contributed by atoms with Gasteiger partial charge in [0.05, 0.1) is 22.4 Å². The molecule has 0 amide bonds. The monoisotopic (exact) mass is 227 g/mol. The minimum absolute atomic E-state index is 0.684. The number of nitrogens with two attached hydrogens (primary N) is 1. The van der Waals surface area contributed by atoms with E-state index in [0.717, 1.165) is 30.3 Å². The van der Waals surface area contributed by atoms with Gasteiger partial charge in [0.2, 0.25) is 0 Å². The van der Waals surface area contributed by atoms with Crippen LogP contribution in [0.3, 0.4) is 0 Å². The van der Waals surface area contributed by atoms with E-state index in [-0.39, 0.29) is 0 Å². The summed E-state index contributed by atoms with van der Waals surface area (Å²) in [5, 5.41) is 0. The van der Waals surface area contributed by atoms with E-state index < -0.39 is 0 Å². The Hall–Kier alpha value is -1.48. The van der Waals surface area contributed by atoms with E-state index in [9.17, 15) is 0 Å². The Bertz CT molecular complexity index is 548. The molecule has 0 fully saturated rings. The summed E-state index contributed by atoms with van der Waals surface area (Å²) in [6.07, 6.45) is 5.57. The maximum absolute atomic E-state index is 5.58. The molecule has 17 heavy (non-hydrogen) atoms. The average Bonchev–Trinajstić information content (AvgIpc) is 2.36. The molecule has 0 aliphatic heterocycles. The number of fused-ring (bicyclic) bond motifs is 2. The minimum Gasteiger partial charge on any atom is -0.330 e. The highest BCUT2D eigenvalue weighted by Gasteiger charge is 2.13. The molecule has 0 unspecified atom stereocenters. The predicted octanol–water partition coefficient (Wildman–Crippen LogP) is 2.01. The van der Waals surface area contributed by atoms with Gasteiger partial charge in [-0.3, -0.25) is 0 Å². The lowest BCUT2D eigenvalue weighted by atomic mass is 10.00. The van der Waals surface area contributed by atoms with Gasteiger partial charge in [0.1, 0.15) is 0 Å². The van der Waals surface area contributed by atoms with Crippen molar-refractivity contribution in [2.45, 2.75) is 32.1 Å². The van der Waals surface area contributed by atoms with E-state index in [1.165, 1.54) is 29.8 Å². The average molecular weight is 227 g/mol. The SMILES string of the molecule is NCCc1ccc2nc3c(nc2c1)CCCC3. The van der Waals surface area contributed by atoms with Crippen molar-refractivity contribution in [2.24, 2.45) is 5.73 Å². The van der Waals surface area contributed by atoms with Crippen molar-refractivity contribution in [1.29, 1.82) is 0 Å². The lowest BCUT2D eigenvalue weighted by Crippen LogP contribution is -2.08. The molecule has 3 rings (SSSR count). The zero-order chi connectivity index (χ0) is 11.7. The summed E-state index contributed by atoms with van der Waals surface area (Å²) in [6.45, 7) is 0.684. The third-order valence-corrected chi connectivity index (χ3v) is 3.39. The van der Waals surface area contributed by atoms with Crippen LogP contribution in [0.1, 0.15) is 29.8 Å². The number of aromatic nitrogens is 2. The van der Waals surface area contributed by atoms with E-state index in [1.54, 1.807) is 0 Å². The zero-order valence-corrected chi connectivity index (χ0v) is 9.95. The molecule has 0 radical (unpaired) electrons. The summed E-state index contributed by atoms with van der Waals surface area (Å²) in [5.41, 5.74) is 11.3. The largest absolute Gasteiger partial charge is 0.330 e. The van der Waals surface area contributed by atoms with Crippen molar-refractivity contribution < 1.29 is 0 Å². The van der Waals surface area contributed by atoms with Crippen LogP contribution in [0.2, 0.25) is 0 Å². The summed E-state index contributed by atoms with van der Waals surface area (Å²) in [5.74, 6) is 0. The summed E-state index contributed by atoms with van der Waals surface area (Å²) >= 11 is 0. The Balaban J connectivity index is 2.10. The molecule has 1 aliphatic rings. The molecular formula is C14H17N3. The number of hydrogen-bond donors (Lipinski definition) is 1. The predicted molar refractivity (Wildman–Crippen MR) is 68.9 cm³/mol. The van der Waals surface area contributed by atoms with Gasteiger partial charge in [-0.15, -0.1) is 0 Å². The first-order chi connectivity index (χ1) is 8.36. The summed E-state index contributed by atoms with van der Waals surface area (Å²) < 4.78 is 0. The van der Waals surface area contributed by atoms with Crippen molar-refractivity contribution in [3.8, 4) is 0 Å². The summed E-state index contributed by atoms with van der Waals surface area (Å²) in [7, 11) is 0. The molecule has 3 heteroatoms. The van der Waals surface area contributed by atoms with Crippen LogP contribution in [0, 0.1) is 0 Å². The van der Waals surface area contributed by atoms with Gasteiger partial charge in [-0.2, -0.15) is 0 Å². The minimum atomic E-state index is 0.684. The number of nitrogens with zero attached hydrogens (tertiary/aromatic N) is 2. The van der Waals surface area contributed by atoms with E-state index in [1.807, 2.05) is 0 Å². The lowest BCUT2D eigenvalue weighted by Gasteiger charge is -2.14. The van der Waals surface area contributed by atoms with E-state index >= 15 is 0 Å². The van der Waals surface area contributed by atoms with Crippen LogP contribution in [-0.2, 0) is 19.3 Å². The molecule has 1 aliphatic carbocycles. The normalized spacial score (nSPS) is 14.9. The first-order valence-electron chi connectivity index (χ1n) is 6.35. The van der Waals surface area contributed by atoms with Crippen LogP contribution in [0.25, 0.3) is 11.0 Å². The highest BCUT2D eigenvalue weighted by Crippen LogP contribution is 2.21. The van der Waals surface area contributed by atoms with E-state index in [0.29, 0.717) is 6.54 Å². The number of rotatable bonds is 2. The maximum atomic E-state index is 5.58. The van der Waals surface area contributed by atoms with E-state index in [2.05, 4.69) is 18.2 Å². The molecule has 88 valence electrons. The molecular weight excluding hydrogens is 210 g/mol. The smallest absolute Gasteiger partial charge is 0.0893 e. The molecule has 1 heterocycles. The fourth-order valence-electron chi connectivity index (χ4n) is 2.48. The number of benzene rings is 1. The van der Waals surface area contributed by atoms with Gasteiger partial charge in [0.25, 0.3) is 0 Å². The Morgan fingerprint density at radius 2 is 1.71 bits per heavy atom. The van der Waals surface area contributed by atoms with Gasteiger partial charge in [0, 0.05) is 0 Å². The van der Waals surface area contributed by atoms with Crippen molar-refractivity contribution in [2.75, 3.05) is 6.54 Å². The number of aryl methyl sites for hydroxylation is 2. The Labute approximate surface area is 101 Å². The molecule has 2 aromatic rings. The Kier molecular flexibility index (Phi) is 2.77. The topological polar surface area (TPSA) is 51.8 Å². The Morgan fingerprint density at radius 3 is 2.41 bits per heavy atom. The third kappa shape index (κ3) is 2.03. The van der Waals surface area contributed by atoms with E-state index in [4.69, 9.17) is 15.7 Å². The van der Waals surface area contributed by atoms with Crippen LogP contribution < -0.4 is 5.73 Å². The van der Waals surface area contributed by atoms with Gasteiger partial charge in [-0.1, -0.05) is 6.07 Å². The first kappa shape index (κ1) is 10.7. The van der Waals surface area contributed by atoms with Gasteiger partial charge in [0.15, 0.2) is 0 Å². The van der Waals surface area contributed by atoms with Gasteiger partial charge < -0.3 is 5.73 Å². The molecule has 0 bridgehead atoms. The lowest BCUT2D eigenvalue weighted by molar-refractivity contribution is 0.655. The Morgan fingerprint density at radius 1 is 1.00 bits per heavy atom. The first-order valence-corrected chi connectivity index (χ1v) is 6.35. The van der Waals surface area contributed by atoms with Crippen LogP contribution in [0.15, 0.2) is 18.2 Å². The van der Waals surface area contributed by atoms with Crippen LogP contribution in [0.5, 0.6) is 0 Å². The molecule has 1 aromatic heterocycles. The van der Waals surface area contributed by atoms with Crippen LogP contribution in [-0.4, -0.2) is 16.5 Å². The van der Waals surface area contributed by atoms with Crippen molar-refractivity contribution in [3.05, 3.63) is 35.2 Å². The van der Waals surface area contributed by atoms with Crippen LogP contribution in [0.4, 0.5) is 0 Å². The molecule has 0 saturated heterocycles. The number of hydrogen-bond acceptors (Lipinski definition) is 3. The third-order valence-electron chi connectivity index (χ3n) is 3.39. The maximum Gasteiger partial charge on any atom is 0.0893 e. The van der Waals surface area contributed by atoms with Crippen molar-refractivity contribution in [3.63, 3.8) is 0 Å². The molecule has 1 aromatic carbocycles.